The largest absolute Gasteiger partial charge is 0.507 e. The lowest BCUT2D eigenvalue weighted by Gasteiger charge is -2.16. The Balaban J connectivity index is 1.35. The number of hydrogen-bond donors (Lipinski definition) is 2. The number of aromatic hydroxyl groups is 2. The van der Waals surface area contributed by atoms with E-state index in [0.29, 0.717) is 11.1 Å². The van der Waals surface area contributed by atoms with Crippen LogP contribution in [0.5, 0.6) is 11.5 Å². The molecular formula is C40H26O2. The van der Waals surface area contributed by atoms with Crippen LogP contribution in [0.15, 0.2) is 146 Å². The molecule has 8 aromatic carbocycles. The Hall–Kier alpha value is -5.60. The standard InChI is InChI=1S/C40H26O2/c41-37-19-17-27-11-15-33(31-13-9-25-5-1-3-7-29(25)21-31)23-35(27)39(37)40-36-24-34(16-12-28(36)18-20-38(40)42)32-14-10-26-6-2-4-8-30(26)22-32/h1-24,41-42H. The number of rotatable bonds is 3. The normalized spacial score (nSPS) is 11.5. The number of benzene rings is 8. The van der Waals surface area contributed by atoms with Crippen LogP contribution in [0.2, 0.25) is 0 Å². The highest BCUT2D eigenvalue weighted by atomic mass is 16.3. The fourth-order valence-corrected chi connectivity index (χ4v) is 6.24. The van der Waals surface area contributed by atoms with Gasteiger partial charge in [-0.3, -0.25) is 0 Å². The van der Waals surface area contributed by atoms with E-state index in [9.17, 15) is 10.2 Å². The van der Waals surface area contributed by atoms with Gasteiger partial charge >= 0.3 is 0 Å². The third-order valence-electron chi connectivity index (χ3n) is 8.41. The van der Waals surface area contributed by atoms with Crippen LogP contribution in [0.3, 0.4) is 0 Å². The maximum Gasteiger partial charge on any atom is 0.124 e. The monoisotopic (exact) mass is 538 g/mol. The van der Waals surface area contributed by atoms with Crippen LogP contribution in [-0.2, 0) is 0 Å². The molecule has 0 bridgehead atoms. The highest BCUT2D eigenvalue weighted by molar-refractivity contribution is 6.11. The van der Waals surface area contributed by atoms with E-state index in [1.54, 1.807) is 12.1 Å². The van der Waals surface area contributed by atoms with Gasteiger partial charge in [0.1, 0.15) is 11.5 Å². The van der Waals surface area contributed by atoms with Crippen molar-refractivity contribution in [1.82, 2.24) is 0 Å². The second-order valence-corrected chi connectivity index (χ2v) is 10.9. The second-order valence-electron chi connectivity index (χ2n) is 10.9. The molecule has 0 radical (unpaired) electrons. The maximum atomic E-state index is 11.3. The third kappa shape index (κ3) is 3.96. The molecule has 0 unspecified atom stereocenters. The molecule has 0 aliphatic rings. The molecule has 2 heteroatoms. The quantitative estimate of drug-likeness (QED) is 0.235. The Bertz CT molecular complexity index is 2160. The predicted molar refractivity (Wildman–Crippen MR) is 176 cm³/mol. The molecule has 0 amide bonds. The van der Waals surface area contributed by atoms with Crippen molar-refractivity contribution < 1.29 is 10.2 Å². The average molecular weight is 539 g/mol. The summed E-state index contributed by atoms with van der Waals surface area (Å²) >= 11 is 0. The molecule has 8 aromatic rings. The van der Waals surface area contributed by atoms with Crippen LogP contribution >= 0.6 is 0 Å². The molecule has 0 saturated carbocycles. The Morgan fingerprint density at radius 2 is 0.619 bits per heavy atom. The first kappa shape index (κ1) is 24.2. The van der Waals surface area contributed by atoms with Crippen molar-refractivity contribution in [2.24, 2.45) is 0 Å². The summed E-state index contributed by atoms with van der Waals surface area (Å²) in [4.78, 5) is 0. The summed E-state index contributed by atoms with van der Waals surface area (Å²) in [6, 6.07) is 49.6. The van der Waals surface area contributed by atoms with Crippen molar-refractivity contribution in [3.05, 3.63) is 146 Å². The molecule has 42 heavy (non-hydrogen) atoms. The van der Waals surface area contributed by atoms with E-state index in [-0.39, 0.29) is 11.5 Å². The van der Waals surface area contributed by atoms with Crippen LogP contribution in [0, 0.1) is 0 Å². The highest BCUT2D eigenvalue weighted by Gasteiger charge is 2.18. The Labute approximate surface area is 243 Å². The van der Waals surface area contributed by atoms with E-state index in [2.05, 4.69) is 121 Å². The Morgan fingerprint density at radius 1 is 0.286 bits per heavy atom. The molecule has 0 aromatic heterocycles. The van der Waals surface area contributed by atoms with Gasteiger partial charge in [0, 0.05) is 11.1 Å². The summed E-state index contributed by atoms with van der Waals surface area (Å²) in [6.07, 6.45) is 0. The van der Waals surface area contributed by atoms with E-state index in [1.807, 2.05) is 12.1 Å². The molecular weight excluding hydrogens is 512 g/mol. The molecule has 8 rings (SSSR count). The van der Waals surface area contributed by atoms with E-state index in [0.717, 1.165) is 43.8 Å². The fraction of sp³-hybridized carbons (Fsp3) is 0. The van der Waals surface area contributed by atoms with Gasteiger partial charge in [0.05, 0.1) is 0 Å². The number of phenolic OH excluding ortho intramolecular Hbond substituents is 2. The van der Waals surface area contributed by atoms with Crippen molar-refractivity contribution in [2.75, 3.05) is 0 Å². The SMILES string of the molecule is Oc1ccc2ccc(-c3ccc4ccccc4c3)cc2c1-c1c(O)ccc2ccc(-c3ccc4ccccc4c3)cc12. The summed E-state index contributed by atoms with van der Waals surface area (Å²) in [5.74, 6) is 0.272. The zero-order valence-electron chi connectivity index (χ0n) is 22.8. The van der Waals surface area contributed by atoms with Crippen molar-refractivity contribution in [1.29, 1.82) is 0 Å². The third-order valence-corrected chi connectivity index (χ3v) is 8.41. The zero-order valence-corrected chi connectivity index (χ0v) is 22.8. The summed E-state index contributed by atoms with van der Waals surface area (Å²) in [6.45, 7) is 0. The van der Waals surface area contributed by atoms with Crippen LogP contribution in [0.4, 0.5) is 0 Å². The summed E-state index contributed by atoms with van der Waals surface area (Å²) in [5.41, 5.74) is 5.58. The van der Waals surface area contributed by atoms with E-state index in [4.69, 9.17) is 0 Å². The molecule has 2 N–H and O–H groups in total. The van der Waals surface area contributed by atoms with Crippen LogP contribution in [-0.4, -0.2) is 10.2 Å². The minimum atomic E-state index is 0.136. The Kier molecular flexibility index (Phi) is 5.48. The zero-order chi connectivity index (χ0) is 28.2. The lowest BCUT2D eigenvalue weighted by atomic mass is 9.89. The highest BCUT2D eigenvalue weighted by Crippen LogP contribution is 2.46. The van der Waals surface area contributed by atoms with Crippen molar-refractivity contribution >= 4 is 43.1 Å². The molecule has 2 nitrogen and oxygen atoms in total. The lowest BCUT2D eigenvalue weighted by molar-refractivity contribution is 0.470. The van der Waals surface area contributed by atoms with Crippen LogP contribution in [0.25, 0.3) is 76.5 Å². The first-order valence-corrected chi connectivity index (χ1v) is 14.1. The number of hydrogen-bond acceptors (Lipinski definition) is 2. The lowest BCUT2D eigenvalue weighted by Crippen LogP contribution is -1.89. The van der Waals surface area contributed by atoms with Gasteiger partial charge in [0.15, 0.2) is 0 Å². The molecule has 0 fully saturated rings. The van der Waals surface area contributed by atoms with Crippen LogP contribution < -0.4 is 0 Å². The van der Waals surface area contributed by atoms with Crippen molar-refractivity contribution in [2.45, 2.75) is 0 Å². The molecule has 198 valence electrons. The average Bonchev–Trinajstić information content (AvgIpc) is 3.04. The van der Waals surface area contributed by atoms with E-state index in [1.165, 1.54) is 21.5 Å². The van der Waals surface area contributed by atoms with Gasteiger partial charge < -0.3 is 10.2 Å². The minimum absolute atomic E-state index is 0.136. The number of phenols is 2. The van der Waals surface area contributed by atoms with Gasteiger partial charge in [-0.2, -0.15) is 0 Å². The van der Waals surface area contributed by atoms with Gasteiger partial charge in [0.25, 0.3) is 0 Å². The van der Waals surface area contributed by atoms with Crippen molar-refractivity contribution in [3.63, 3.8) is 0 Å². The summed E-state index contributed by atoms with van der Waals surface area (Å²) in [5, 5.41) is 31.2. The van der Waals surface area contributed by atoms with Crippen molar-refractivity contribution in [3.8, 4) is 44.9 Å². The molecule has 0 aliphatic heterocycles. The van der Waals surface area contributed by atoms with Gasteiger partial charge in [-0.15, -0.1) is 0 Å². The van der Waals surface area contributed by atoms with Gasteiger partial charge in [0.2, 0.25) is 0 Å². The topological polar surface area (TPSA) is 40.5 Å². The first-order valence-electron chi connectivity index (χ1n) is 14.1. The maximum absolute atomic E-state index is 11.3. The Morgan fingerprint density at radius 3 is 1.05 bits per heavy atom. The molecule has 0 aliphatic carbocycles. The smallest absolute Gasteiger partial charge is 0.124 e. The van der Waals surface area contributed by atoms with E-state index < -0.39 is 0 Å². The fourth-order valence-electron chi connectivity index (χ4n) is 6.24. The number of fused-ring (bicyclic) bond motifs is 4. The predicted octanol–water partition coefficient (Wildman–Crippen LogP) is 10.7. The van der Waals surface area contributed by atoms with Crippen LogP contribution in [0.1, 0.15) is 0 Å². The van der Waals surface area contributed by atoms with Gasteiger partial charge in [-0.05, 0) is 102 Å². The molecule has 0 atom stereocenters. The summed E-state index contributed by atoms with van der Waals surface area (Å²) in [7, 11) is 0. The molecule has 0 heterocycles. The molecule has 0 saturated heterocycles. The minimum Gasteiger partial charge on any atom is -0.507 e. The second kappa shape index (κ2) is 9.50. The summed E-state index contributed by atoms with van der Waals surface area (Å²) < 4.78 is 0. The van der Waals surface area contributed by atoms with E-state index >= 15 is 0 Å². The van der Waals surface area contributed by atoms with Gasteiger partial charge in [-0.1, -0.05) is 109 Å². The van der Waals surface area contributed by atoms with Gasteiger partial charge in [-0.25, -0.2) is 0 Å². The molecule has 0 spiro atoms. The first-order chi connectivity index (χ1) is 20.6.